The van der Waals surface area contributed by atoms with Gasteiger partial charge in [0.05, 0.1) is 18.3 Å². The van der Waals surface area contributed by atoms with Crippen molar-refractivity contribution in [3.05, 3.63) is 24.0 Å². The fourth-order valence-electron chi connectivity index (χ4n) is 2.89. The van der Waals surface area contributed by atoms with Gasteiger partial charge in [-0.05, 0) is 30.4 Å². The van der Waals surface area contributed by atoms with Gasteiger partial charge in [-0.15, -0.1) is 0 Å². The number of nitrogens with one attached hydrogen (secondary N) is 1. The lowest BCUT2D eigenvalue weighted by molar-refractivity contribution is -0.140. The number of carboxylic acids is 1. The number of rotatable bonds is 5. The van der Waals surface area contributed by atoms with E-state index in [1.807, 2.05) is 12.1 Å². The van der Waals surface area contributed by atoms with Gasteiger partial charge in [-0.1, -0.05) is 19.3 Å². The fraction of sp³-hybridized carbons (Fsp3) is 0.533. The number of aromatic nitrogens is 1. The molecule has 1 aromatic heterocycles. The first kappa shape index (κ1) is 14.3. The largest absolute Gasteiger partial charge is 0.481 e. The quantitative estimate of drug-likeness (QED) is 0.861. The third kappa shape index (κ3) is 3.70. The molecule has 5 heteroatoms. The summed E-state index contributed by atoms with van der Waals surface area (Å²) >= 11 is 0. The van der Waals surface area contributed by atoms with E-state index in [0.29, 0.717) is 12.2 Å². The Bertz CT molecular complexity index is 499. The third-order valence-corrected chi connectivity index (χ3v) is 3.99. The van der Waals surface area contributed by atoms with Crippen LogP contribution in [0, 0.1) is 16.7 Å². The molecule has 1 fully saturated rings. The Kier molecular flexibility index (Phi) is 4.57. The van der Waals surface area contributed by atoms with Crippen LogP contribution in [0.1, 0.15) is 44.2 Å². The van der Waals surface area contributed by atoms with Gasteiger partial charge in [-0.2, -0.15) is 5.26 Å². The molecule has 0 radical (unpaired) electrons. The highest BCUT2D eigenvalue weighted by Crippen LogP contribution is 2.39. The minimum absolute atomic E-state index is 0.155. The number of carboxylic acid groups (broad SMARTS) is 1. The van der Waals surface area contributed by atoms with Crippen molar-refractivity contribution in [1.29, 1.82) is 5.26 Å². The monoisotopic (exact) mass is 273 g/mol. The molecule has 0 amide bonds. The second-order valence-electron chi connectivity index (χ2n) is 5.53. The van der Waals surface area contributed by atoms with Crippen molar-refractivity contribution in [1.82, 2.24) is 4.98 Å². The van der Waals surface area contributed by atoms with Crippen LogP contribution in [0.25, 0.3) is 0 Å². The maximum atomic E-state index is 11.1. The van der Waals surface area contributed by atoms with Crippen molar-refractivity contribution in [3.8, 4) is 6.07 Å². The van der Waals surface area contributed by atoms with E-state index in [0.717, 1.165) is 31.4 Å². The molecule has 0 aromatic carbocycles. The minimum atomic E-state index is -0.730. The summed E-state index contributed by atoms with van der Waals surface area (Å²) < 4.78 is 0. The van der Waals surface area contributed by atoms with Gasteiger partial charge in [0.15, 0.2) is 0 Å². The Labute approximate surface area is 118 Å². The molecular formula is C15H19N3O2. The molecule has 1 heterocycles. The SMILES string of the molecule is N#Cc1ccc(NCC2(CC(=O)O)CCCCC2)cn1. The van der Waals surface area contributed by atoms with Crippen molar-refractivity contribution >= 4 is 11.7 Å². The summed E-state index contributed by atoms with van der Waals surface area (Å²) in [5.74, 6) is -0.730. The zero-order valence-corrected chi connectivity index (χ0v) is 11.4. The van der Waals surface area contributed by atoms with Crippen LogP contribution in [0.4, 0.5) is 5.69 Å². The van der Waals surface area contributed by atoms with E-state index >= 15 is 0 Å². The molecule has 0 aliphatic heterocycles. The van der Waals surface area contributed by atoms with Crippen molar-refractivity contribution < 1.29 is 9.90 Å². The van der Waals surface area contributed by atoms with Gasteiger partial charge in [-0.3, -0.25) is 4.79 Å². The average molecular weight is 273 g/mol. The van der Waals surface area contributed by atoms with Crippen LogP contribution in [0.15, 0.2) is 18.3 Å². The first-order valence-electron chi connectivity index (χ1n) is 6.95. The molecule has 1 aromatic rings. The van der Waals surface area contributed by atoms with Gasteiger partial charge in [0.1, 0.15) is 11.8 Å². The van der Waals surface area contributed by atoms with Crippen molar-refractivity contribution in [2.45, 2.75) is 38.5 Å². The van der Waals surface area contributed by atoms with Crippen LogP contribution in [-0.2, 0) is 4.79 Å². The van der Waals surface area contributed by atoms with Gasteiger partial charge in [0.2, 0.25) is 0 Å². The number of anilines is 1. The topological polar surface area (TPSA) is 86.0 Å². The highest BCUT2D eigenvalue weighted by atomic mass is 16.4. The average Bonchev–Trinajstić information content (AvgIpc) is 2.46. The first-order valence-corrected chi connectivity index (χ1v) is 6.95. The normalized spacial score (nSPS) is 17.1. The summed E-state index contributed by atoms with van der Waals surface area (Å²) in [5, 5.41) is 21.1. The maximum absolute atomic E-state index is 11.1. The van der Waals surface area contributed by atoms with E-state index in [-0.39, 0.29) is 11.8 Å². The summed E-state index contributed by atoms with van der Waals surface area (Å²) in [5.41, 5.74) is 1.06. The molecule has 1 aliphatic rings. The number of carbonyl (C=O) groups is 1. The lowest BCUT2D eigenvalue weighted by Gasteiger charge is -2.36. The van der Waals surface area contributed by atoms with Crippen molar-refractivity contribution in [2.24, 2.45) is 5.41 Å². The highest BCUT2D eigenvalue weighted by molar-refractivity contribution is 5.68. The van der Waals surface area contributed by atoms with Crippen molar-refractivity contribution in [3.63, 3.8) is 0 Å². The highest BCUT2D eigenvalue weighted by Gasteiger charge is 2.34. The van der Waals surface area contributed by atoms with Crippen LogP contribution in [0.3, 0.4) is 0 Å². The number of nitriles is 1. The molecule has 2 rings (SSSR count). The van der Waals surface area contributed by atoms with Gasteiger partial charge in [-0.25, -0.2) is 4.98 Å². The smallest absolute Gasteiger partial charge is 0.303 e. The van der Waals surface area contributed by atoms with E-state index < -0.39 is 5.97 Å². The van der Waals surface area contributed by atoms with Crippen LogP contribution < -0.4 is 5.32 Å². The third-order valence-electron chi connectivity index (χ3n) is 3.99. The second-order valence-corrected chi connectivity index (χ2v) is 5.53. The molecule has 106 valence electrons. The Balaban J connectivity index is 2.00. The number of hydrogen-bond acceptors (Lipinski definition) is 4. The van der Waals surface area contributed by atoms with E-state index in [2.05, 4.69) is 10.3 Å². The molecule has 0 atom stereocenters. The molecule has 1 saturated carbocycles. The standard InChI is InChI=1S/C15H19N3O2/c16-9-12-4-5-13(10-17-12)18-11-15(8-14(19)20)6-2-1-3-7-15/h4-5,10,18H,1-3,6-8,11H2,(H,19,20). The molecule has 0 bridgehead atoms. The van der Waals surface area contributed by atoms with Gasteiger partial charge < -0.3 is 10.4 Å². The lowest BCUT2D eigenvalue weighted by Crippen LogP contribution is -2.34. The van der Waals surface area contributed by atoms with E-state index in [4.69, 9.17) is 10.4 Å². The number of pyridine rings is 1. The maximum Gasteiger partial charge on any atom is 0.303 e. The van der Waals surface area contributed by atoms with Crippen LogP contribution >= 0.6 is 0 Å². The number of aliphatic carboxylic acids is 1. The van der Waals surface area contributed by atoms with Gasteiger partial charge in [0, 0.05) is 6.54 Å². The van der Waals surface area contributed by atoms with E-state index in [1.54, 1.807) is 12.3 Å². The van der Waals surface area contributed by atoms with Crippen molar-refractivity contribution in [2.75, 3.05) is 11.9 Å². The fourth-order valence-corrected chi connectivity index (χ4v) is 2.89. The van der Waals surface area contributed by atoms with E-state index in [9.17, 15) is 4.79 Å². The molecule has 0 saturated heterocycles. The summed E-state index contributed by atoms with van der Waals surface area (Å²) in [7, 11) is 0. The second kappa shape index (κ2) is 6.38. The molecule has 20 heavy (non-hydrogen) atoms. The van der Waals surface area contributed by atoms with Gasteiger partial charge in [0.25, 0.3) is 0 Å². The summed E-state index contributed by atoms with van der Waals surface area (Å²) in [6.07, 6.45) is 7.13. The first-order chi connectivity index (χ1) is 9.63. The predicted molar refractivity (Wildman–Crippen MR) is 75.2 cm³/mol. The number of hydrogen-bond donors (Lipinski definition) is 2. The Morgan fingerprint density at radius 2 is 2.15 bits per heavy atom. The van der Waals surface area contributed by atoms with Crippen LogP contribution in [0.5, 0.6) is 0 Å². The van der Waals surface area contributed by atoms with Crippen LogP contribution in [0.2, 0.25) is 0 Å². The molecule has 1 aliphatic carbocycles. The molecule has 2 N–H and O–H groups in total. The Hall–Kier alpha value is -2.09. The zero-order valence-electron chi connectivity index (χ0n) is 11.4. The summed E-state index contributed by atoms with van der Waals surface area (Å²) in [4.78, 5) is 15.1. The summed E-state index contributed by atoms with van der Waals surface area (Å²) in [6, 6.07) is 5.44. The molecule has 0 unspecified atom stereocenters. The lowest BCUT2D eigenvalue weighted by atomic mass is 9.71. The van der Waals surface area contributed by atoms with E-state index in [1.165, 1.54) is 6.42 Å². The van der Waals surface area contributed by atoms with Crippen LogP contribution in [-0.4, -0.2) is 22.6 Å². The summed E-state index contributed by atoms with van der Waals surface area (Å²) in [6.45, 7) is 0.646. The zero-order chi connectivity index (χ0) is 14.4. The van der Waals surface area contributed by atoms with Gasteiger partial charge >= 0.3 is 5.97 Å². The molecular weight excluding hydrogens is 254 g/mol. The molecule has 0 spiro atoms. The Morgan fingerprint density at radius 1 is 1.40 bits per heavy atom. The predicted octanol–water partition coefficient (Wildman–Crippen LogP) is 2.79. The Morgan fingerprint density at radius 3 is 2.70 bits per heavy atom. The minimum Gasteiger partial charge on any atom is -0.481 e. The molecule has 5 nitrogen and oxygen atoms in total. The number of nitrogens with zero attached hydrogens (tertiary/aromatic N) is 2.